The Morgan fingerprint density at radius 3 is 2.71 bits per heavy atom. The van der Waals surface area contributed by atoms with Crippen LogP contribution in [0.1, 0.15) is 20.8 Å². The van der Waals surface area contributed by atoms with Gasteiger partial charge in [-0.05, 0) is 39.0 Å². The fourth-order valence-electron chi connectivity index (χ4n) is 2.83. The first-order valence-electron chi connectivity index (χ1n) is 8.73. The lowest BCUT2D eigenvalue weighted by Crippen LogP contribution is -2.43. The predicted octanol–water partition coefficient (Wildman–Crippen LogP) is 2.09. The van der Waals surface area contributed by atoms with Gasteiger partial charge < -0.3 is 15.2 Å². The van der Waals surface area contributed by atoms with Gasteiger partial charge in [0.1, 0.15) is 23.9 Å². The van der Waals surface area contributed by atoms with E-state index in [1.54, 1.807) is 31.4 Å². The molecular weight excluding hydrogens is 360 g/mol. The fraction of sp³-hybridized carbons (Fsp3) is 0.300. The summed E-state index contributed by atoms with van der Waals surface area (Å²) >= 11 is 0. The van der Waals surface area contributed by atoms with Gasteiger partial charge in [0.25, 0.3) is 5.56 Å². The molecule has 0 saturated heterocycles. The molecule has 1 amide bonds. The maximum Gasteiger partial charge on any atom is 0.263 e. The molecule has 3 aromatic rings. The van der Waals surface area contributed by atoms with Crippen LogP contribution in [-0.2, 0) is 11.3 Å². The lowest BCUT2D eigenvalue weighted by atomic mass is 10.1. The Morgan fingerprint density at radius 2 is 2.04 bits per heavy atom. The average Bonchev–Trinajstić information content (AvgIpc) is 2.63. The summed E-state index contributed by atoms with van der Waals surface area (Å²) in [7, 11) is 1.54. The highest BCUT2D eigenvalue weighted by Gasteiger charge is 2.19. The van der Waals surface area contributed by atoms with E-state index in [2.05, 4.69) is 15.3 Å². The number of carbonyl (C=O) groups excluding carboxylic acids is 1. The number of hydrogen-bond donors (Lipinski definition) is 2. The number of aromatic nitrogens is 3. The molecule has 8 heteroatoms. The summed E-state index contributed by atoms with van der Waals surface area (Å²) in [6.45, 7) is 5.35. The van der Waals surface area contributed by atoms with Gasteiger partial charge in [-0.25, -0.2) is 9.97 Å². The van der Waals surface area contributed by atoms with Gasteiger partial charge in [-0.3, -0.25) is 14.2 Å². The predicted molar refractivity (Wildman–Crippen MR) is 105 cm³/mol. The van der Waals surface area contributed by atoms with Crippen molar-refractivity contribution in [1.29, 1.82) is 0 Å². The molecule has 0 fully saturated rings. The molecule has 146 valence electrons. The van der Waals surface area contributed by atoms with E-state index in [0.717, 1.165) is 0 Å². The molecule has 0 unspecified atom stereocenters. The molecular formula is C20H22N4O4. The van der Waals surface area contributed by atoms with Crippen LogP contribution in [0.4, 0.5) is 0 Å². The van der Waals surface area contributed by atoms with Crippen LogP contribution in [0, 0.1) is 0 Å². The van der Waals surface area contributed by atoms with Crippen LogP contribution in [0.5, 0.6) is 11.5 Å². The number of pyridine rings is 1. The van der Waals surface area contributed by atoms with Crippen molar-refractivity contribution in [1.82, 2.24) is 19.9 Å². The summed E-state index contributed by atoms with van der Waals surface area (Å²) in [4.78, 5) is 34.1. The Labute approximate surface area is 161 Å². The number of rotatable bonds is 4. The summed E-state index contributed by atoms with van der Waals surface area (Å²) in [6.07, 6.45) is 1.22. The Kier molecular flexibility index (Phi) is 5.04. The monoisotopic (exact) mass is 382 g/mol. The minimum atomic E-state index is -0.463. The molecule has 0 radical (unpaired) electrons. The van der Waals surface area contributed by atoms with E-state index < -0.39 is 11.1 Å². The summed E-state index contributed by atoms with van der Waals surface area (Å²) in [5.41, 5.74) is -0.110. The Morgan fingerprint density at radius 1 is 1.29 bits per heavy atom. The maximum atomic E-state index is 13.1. The lowest BCUT2D eigenvalue weighted by molar-refractivity contribution is -0.123. The molecule has 0 aliphatic rings. The first-order chi connectivity index (χ1) is 13.2. The van der Waals surface area contributed by atoms with Crippen LogP contribution in [0.3, 0.4) is 0 Å². The van der Waals surface area contributed by atoms with Gasteiger partial charge in [0.05, 0.1) is 18.7 Å². The van der Waals surface area contributed by atoms with E-state index >= 15 is 0 Å². The second kappa shape index (κ2) is 7.30. The lowest BCUT2D eigenvalue weighted by Gasteiger charge is -2.21. The maximum absolute atomic E-state index is 13.1. The summed E-state index contributed by atoms with van der Waals surface area (Å²) in [5, 5.41) is 12.7. The van der Waals surface area contributed by atoms with Gasteiger partial charge in [-0.15, -0.1) is 0 Å². The van der Waals surface area contributed by atoms with Gasteiger partial charge in [0, 0.05) is 11.1 Å². The van der Waals surface area contributed by atoms with Gasteiger partial charge in [-0.1, -0.05) is 12.1 Å². The van der Waals surface area contributed by atoms with Crippen molar-refractivity contribution in [3.05, 3.63) is 46.9 Å². The molecule has 8 nitrogen and oxygen atoms in total. The third-order valence-electron chi connectivity index (χ3n) is 3.94. The van der Waals surface area contributed by atoms with E-state index in [9.17, 15) is 14.7 Å². The van der Waals surface area contributed by atoms with Crippen molar-refractivity contribution < 1.29 is 14.6 Å². The van der Waals surface area contributed by atoms with E-state index in [1.165, 1.54) is 16.8 Å². The summed E-state index contributed by atoms with van der Waals surface area (Å²) in [6, 6.07) is 8.34. The minimum Gasteiger partial charge on any atom is -0.506 e. The van der Waals surface area contributed by atoms with Crippen molar-refractivity contribution in [3.8, 4) is 22.9 Å². The van der Waals surface area contributed by atoms with E-state index in [0.29, 0.717) is 17.1 Å². The number of nitrogens with zero attached hydrogens (tertiary/aromatic N) is 3. The van der Waals surface area contributed by atoms with Gasteiger partial charge in [0.15, 0.2) is 5.65 Å². The minimum absolute atomic E-state index is 0.134. The second-order valence-corrected chi connectivity index (χ2v) is 7.42. The zero-order valence-electron chi connectivity index (χ0n) is 16.2. The second-order valence-electron chi connectivity index (χ2n) is 7.42. The number of benzene rings is 1. The molecule has 0 saturated carbocycles. The highest BCUT2D eigenvalue weighted by atomic mass is 16.5. The topological polar surface area (TPSA) is 106 Å². The zero-order valence-corrected chi connectivity index (χ0v) is 16.2. The highest BCUT2D eigenvalue weighted by Crippen LogP contribution is 2.23. The van der Waals surface area contributed by atoms with Crippen LogP contribution in [0.15, 0.2) is 41.3 Å². The molecule has 0 spiro atoms. The van der Waals surface area contributed by atoms with Crippen LogP contribution in [0.2, 0.25) is 0 Å². The number of amides is 1. The Hall–Kier alpha value is -3.42. The molecule has 0 atom stereocenters. The number of fused-ring (bicyclic) bond motifs is 1. The van der Waals surface area contributed by atoms with Gasteiger partial charge >= 0.3 is 0 Å². The molecule has 0 aliphatic carbocycles. The molecule has 0 aliphatic heterocycles. The quantitative estimate of drug-likeness (QED) is 0.716. The molecule has 2 aromatic heterocycles. The first kappa shape index (κ1) is 19.3. The number of hydrogen-bond acceptors (Lipinski definition) is 6. The third kappa shape index (κ3) is 4.11. The molecule has 1 aromatic carbocycles. The first-order valence-corrected chi connectivity index (χ1v) is 8.73. The highest BCUT2D eigenvalue weighted by molar-refractivity contribution is 5.80. The van der Waals surface area contributed by atoms with Crippen LogP contribution in [0.25, 0.3) is 22.4 Å². The standard InChI is InChI=1S/C20H22N4O4/c1-20(2,3)23-16(26)11-24-18(12-6-5-7-14(8-12)28-4)22-17-15(19(24)27)9-13(25)10-21-17/h5-10,25H,11H2,1-4H3,(H,23,26). The van der Waals surface area contributed by atoms with Crippen LogP contribution in [-0.4, -0.2) is 38.2 Å². The van der Waals surface area contributed by atoms with E-state index in [1.807, 2.05) is 20.8 Å². The molecule has 3 rings (SSSR count). The van der Waals surface area contributed by atoms with Crippen LogP contribution >= 0.6 is 0 Å². The van der Waals surface area contributed by atoms with Crippen molar-refractivity contribution >= 4 is 16.9 Å². The largest absolute Gasteiger partial charge is 0.506 e. The van der Waals surface area contributed by atoms with Crippen molar-refractivity contribution in [2.45, 2.75) is 32.9 Å². The molecule has 2 N–H and O–H groups in total. The zero-order chi connectivity index (χ0) is 20.5. The number of carbonyl (C=O) groups is 1. The Balaban J connectivity index is 2.21. The average molecular weight is 382 g/mol. The van der Waals surface area contributed by atoms with Gasteiger partial charge in [0.2, 0.25) is 5.91 Å². The van der Waals surface area contributed by atoms with E-state index in [-0.39, 0.29) is 29.2 Å². The van der Waals surface area contributed by atoms with Gasteiger partial charge in [-0.2, -0.15) is 0 Å². The normalized spacial score (nSPS) is 11.4. The third-order valence-corrected chi connectivity index (χ3v) is 3.94. The number of methoxy groups -OCH3 is 1. The molecule has 28 heavy (non-hydrogen) atoms. The number of nitrogens with one attached hydrogen (secondary N) is 1. The van der Waals surface area contributed by atoms with Crippen molar-refractivity contribution in [2.75, 3.05) is 7.11 Å². The molecule has 0 bridgehead atoms. The van der Waals surface area contributed by atoms with Crippen molar-refractivity contribution in [2.24, 2.45) is 0 Å². The summed E-state index contributed by atoms with van der Waals surface area (Å²) in [5.74, 6) is 0.411. The van der Waals surface area contributed by atoms with Crippen LogP contribution < -0.4 is 15.6 Å². The fourth-order valence-corrected chi connectivity index (χ4v) is 2.83. The molecule has 2 heterocycles. The van der Waals surface area contributed by atoms with Crippen molar-refractivity contribution in [3.63, 3.8) is 0 Å². The Bertz CT molecular complexity index is 1100. The SMILES string of the molecule is COc1cccc(-c2nc3ncc(O)cc3c(=O)n2CC(=O)NC(C)(C)C)c1. The number of ether oxygens (including phenoxy) is 1. The number of aromatic hydroxyl groups is 1. The van der Waals surface area contributed by atoms with E-state index in [4.69, 9.17) is 4.74 Å². The summed E-state index contributed by atoms with van der Waals surface area (Å²) < 4.78 is 6.53. The smallest absolute Gasteiger partial charge is 0.263 e.